The number of hydrogen-bond acceptors (Lipinski definition) is 3. The fourth-order valence-corrected chi connectivity index (χ4v) is 2.88. The summed E-state index contributed by atoms with van der Waals surface area (Å²) in [6, 6.07) is 3.19. The minimum atomic E-state index is -0.660. The van der Waals surface area contributed by atoms with Crippen LogP contribution in [0.3, 0.4) is 0 Å². The Morgan fingerprint density at radius 1 is 1.17 bits per heavy atom. The molecule has 1 aromatic rings. The molecule has 0 saturated carbocycles. The first-order valence-electron chi connectivity index (χ1n) is 8.00. The Balaban J connectivity index is 1.74. The van der Waals surface area contributed by atoms with Crippen LogP contribution in [0.15, 0.2) is 18.2 Å². The van der Waals surface area contributed by atoms with Crippen LogP contribution >= 0.6 is 0 Å². The van der Waals surface area contributed by atoms with E-state index in [-0.39, 0.29) is 30.8 Å². The van der Waals surface area contributed by atoms with Crippen LogP contribution in [0.5, 0.6) is 0 Å². The average molecular weight is 339 g/mol. The number of nitrogens with one attached hydrogen (secondary N) is 1. The van der Waals surface area contributed by atoms with E-state index in [1.54, 1.807) is 19.0 Å². The Morgan fingerprint density at radius 3 is 2.29 bits per heavy atom. The van der Waals surface area contributed by atoms with E-state index in [4.69, 9.17) is 0 Å². The molecular weight excluding hydrogens is 316 g/mol. The minimum absolute atomic E-state index is 0.0228. The lowest BCUT2D eigenvalue weighted by Crippen LogP contribution is -2.44. The number of amides is 2. The van der Waals surface area contributed by atoms with Crippen molar-refractivity contribution in [3.05, 3.63) is 35.4 Å². The molecule has 1 aliphatic rings. The van der Waals surface area contributed by atoms with Crippen molar-refractivity contribution >= 4 is 11.8 Å². The van der Waals surface area contributed by atoms with Crippen molar-refractivity contribution in [2.45, 2.75) is 19.4 Å². The zero-order valence-electron chi connectivity index (χ0n) is 14.0. The number of benzene rings is 1. The second kappa shape index (κ2) is 8.19. The SMILES string of the molecule is CN(C)C(=O)C1CCN(CC(=O)NCc2cc(F)cc(F)c2)CC1. The number of likely N-dealkylation sites (tertiary alicyclic amines) is 1. The normalized spacial score (nSPS) is 16.0. The zero-order chi connectivity index (χ0) is 17.7. The maximum Gasteiger partial charge on any atom is 0.234 e. The maximum atomic E-state index is 13.1. The molecule has 0 atom stereocenters. The molecule has 2 rings (SSSR count). The van der Waals surface area contributed by atoms with Crippen LogP contribution in [-0.4, -0.2) is 55.3 Å². The summed E-state index contributed by atoms with van der Waals surface area (Å²) >= 11 is 0. The van der Waals surface area contributed by atoms with Gasteiger partial charge < -0.3 is 10.2 Å². The van der Waals surface area contributed by atoms with Crippen LogP contribution in [0.25, 0.3) is 0 Å². The third kappa shape index (κ3) is 5.26. The largest absolute Gasteiger partial charge is 0.351 e. The lowest BCUT2D eigenvalue weighted by atomic mass is 9.95. The van der Waals surface area contributed by atoms with Crippen molar-refractivity contribution in [3.63, 3.8) is 0 Å². The predicted octanol–water partition coefficient (Wildman–Crippen LogP) is 1.38. The van der Waals surface area contributed by atoms with Gasteiger partial charge in [-0.15, -0.1) is 0 Å². The second-order valence-corrected chi connectivity index (χ2v) is 6.34. The molecule has 1 saturated heterocycles. The van der Waals surface area contributed by atoms with Crippen molar-refractivity contribution in [2.24, 2.45) is 5.92 Å². The summed E-state index contributed by atoms with van der Waals surface area (Å²) in [6.07, 6.45) is 1.47. The number of carbonyl (C=O) groups is 2. The number of piperidine rings is 1. The van der Waals surface area contributed by atoms with E-state index in [1.807, 2.05) is 4.90 Å². The Bertz CT molecular complexity index is 579. The first-order chi connectivity index (χ1) is 11.3. The lowest BCUT2D eigenvalue weighted by Gasteiger charge is -2.31. The standard InChI is InChI=1S/C17H23F2N3O2/c1-21(2)17(24)13-3-5-22(6-4-13)11-16(23)20-10-12-7-14(18)9-15(19)8-12/h7-9,13H,3-6,10-11H2,1-2H3,(H,20,23). The third-order valence-corrected chi connectivity index (χ3v) is 4.16. The number of halogens is 2. The van der Waals surface area contributed by atoms with Crippen LogP contribution < -0.4 is 5.32 Å². The van der Waals surface area contributed by atoms with Gasteiger partial charge in [0.05, 0.1) is 6.54 Å². The molecule has 0 unspecified atom stereocenters. The van der Waals surface area contributed by atoms with Crippen LogP contribution in [0.1, 0.15) is 18.4 Å². The smallest absolute Gasteiger partial charge is 0.234 e. The average Bonchev–Trinajstić information content (AvgIpc) is 2.52. The molecule has 7 heteroatoms. The predicted molar refractivity (Wildman–Crippen MR) is 86.1 cm³/mol. The van der Waals surface area contributed by atoms with Crippen LogP contribution in [0.4, 0.5) is 8.78 Å². The fourth-order valence-electron chi connectivity index (χ4n) is 2.88. The first-order valence-corrected chi connectivity index (χ1v) is 8.00. The molecule has 1 heterocycles. The summed E-state index contributed by atoms with van der Waals surface area (Å²) in [4.78, 5) is 27.5. The fraction of sp³-hybridized carbons (Fsp3) is 0.529. The Kier molecular flexibility index (Phi) is 6.25. The summed E-state index contributed by atoms with van der Waals surface area (Å²) < 4.78 is 26.2. The molecule has 0 aromatic heterocycles. The molecule has 24 heavy (non-hydrogen) atoms. The van der Waals surface area contributed by atoms with Gasteiger partial charge in [-0.3, -0.25) is 14.5 Å². The van der Waals surface area contributed by atoms with E-state index in [9.17, 15) is 18.4 Å². The van der Waals surface area contributed by atoms with Gasteiger partial charge in [0.15, 0.2) is 0 Å². The van der Waals surface area contributed by atoms with Gasteiger partial charge in [0.2, 0.25) is 11.8 Å². The molecule has 0 spiro atoms. The highest BCUT2D eigenvalue weighted by Crippen LogP contribution is 2.18. The Hall–Kier alpha value is -2.02. The second-order valence-electron chi connectivity index (χ2n) is 6.34. The molecule has 0 radical (unpaired) electrons. The van der Waals surface area contributed by atoms with Crippen LogP contribution in [0.2, 0.25) is 0 Å². The van der Waals surface area contributed by atoms with Gasteiger partial charge >= 0.3 is 0 Å². The molecule has 0 aliphatic carbocycles. The molecule has 1 aliphatic heterocycles. The topological polar surface area (TPSA) is 52.7 Å². The highest BCUT2D eigenvalue weighted by atomic mass is 19.1. The van der Waals surface area contributed by atoms with Gasteiger partial charge in [0, 0.05) is 32.6 Å². The Labute approximate surface area is 140 Å². The van der Waals surface area contributed by atoms with Gasteiger partial charge in [-0.05, 0) is 43.6 Å². The molecular formula is C17H23F2N3O2. The summed E-state index contributed by atoms with van der Waals surface area (Å²) in [7, 11) is 3.49. The number of rotatable bonds is 5. The minimum Gasteiger partial charge on any atom is -0.351 e. The summed E-state index contributed by atoms with van der Waals surface area (Å²) in [5.74, 6) is -1.36. The van der Waals surface area contributed by atoms with E-state index in [1.165, 1.54) is 12.1 Å². The van der Waals surface area contributed by atoms with Crippen molar-refractivity contribution < 1.29 is 18.4 Å². The molecule has 0 bridgehead atoms. The van der Waals surface area contributed by atoms with Gasteiger partial charge in [0.25, 0.3) is 0 Å². The van der Waals surface area contributed by atoms with Crippen molar-refractivity contribution in [1.29, 1.82) is 0 Å². The zero-order valence-corrected chi connectivity index (χ0v) is 14.0. The van der Waals surface area contributed by atoms with Gasteiger partial charge in [-0.25, -0.2) is 8.78 Å². The van der Waals surface area contributed by atoms with Gasteiger partial charge in [-0.1, -0.05) is 0 Å². The molecule has 1 fully saturated rings. The first kappa shape index (κ1) is 18.3. The molecule has 1 aromatic carbocycles. The van der Waals surface area contributed by atoms with Gasteiger partial charge in [-0.2, -0.15) is 0 Å². The molecule has 5 nitrogen and oxygen atoms in total. The van der Waals surface area contributed by atoms with E-state index in [0.29, 0.717) is 18.7 Å². The number of carbonyl (C=O) groups excluding carboxylic acids is 2. The third-order valence-electron chi connectivity index (χ3n) is 4.16. The monoisotopic (exact) mass is 339 g/mol. The van der Waals surface area contributed by atoms with E-state index < -0.39 is 11.6 Å². The summed E-state index contributed by atoms with van der Waals surface area (Å²) in [5.41, 5.74) is 0.385. The van der Waals surface area contributed by atoms with Crippen molar-refractivity contribution in [1.82, 2.24) is 15.1 Å². The van der Waals surface area contributed by atoms with Crippen molar-refractivity contribution in [2.75, 3.05) is 33.7 Å². The lowest BCUT2D eigenvalue weighted by molar-refractivity contribution is -0.134. The maximum absolute atomic E-state index is 13.1. The quantitative estimate of drug-likeness (QED) is 0.882. The highest BCUT2D eigenvalue weighted by molar-refractivity contribution is 5.79. The van der Waals surface area contributed by atoms with E-state index in [2.05, 4.69) is 5.32 Å². The molecule has 1 N–H and O–H groups in total. The van der Waals surface area contributed by atoms with E-state index >= 15 is 0 Å². The molecule has 132 valence electrons. The van der Waals surface area contributed by atoms with Crippen molar-refractivity contribution in [3.8, 4) is 0 Å². The Morgan fingerprint density at radius 2 is 1.75 bits per heavy atom. The number of hydrogen-bond donors (Lipinski definition) is 1. The van der Waals surface area contributed by atoms with Crippen LogP contribution in [0, 0.1) is 17.6 Å². The number of nitrogens with zero attached hydrogens (tertiary/aromatic N) is 2. The van der Waals surface area contributed by atoms with Crippen LogP contribution in [-0.2, 0) is 16.1 Å². The molecule has 2 amide bonds. The highest BCUT2D eigenvalue weighted by Gasteiger charge is 2.26. The van der Waals surface area contributed by atoms with E-state index in [0.717, 1.165) is 18.9 Å². The van der Waals surface area contributed by atoms with Gasteiger partial charge in [0.1, 0.15) is 11.6 Å². The summed E-state index contributed by atoms with van der Waals surface area (Å²) in [5, 5.41) is 2.66. The summed E-state index contributed by atoms with van der Waals surface area (Å²) in [6.45, 7) is 1.68.